The molecule has 0 fully saturated rings. The quantitative estimate of drug-likeness (QED) is 0.563. The van der Waals surface area contributed by atoms with Crippen LogP contribution in [0.25, 0.3) is 0 Å². The molecule has 21 heavy (non-hydrogen) atoms. The van der Waals surface area contributed by atoms with Crippen molar-refractivity contribution < 1.29 is 9.90 Å². The molecule has 1 aromatic rings. The Morgan fingerprint density at radius 1 is 1.57 bits per heavy atom. The summed E-state index contributed by atoms with van der Waals surface area (Å²) in [5.74, 6) is -0.850. The van der Waals surface area contributed by atoms with Crippen LogP contribution in [0.2, 0.25) is 0 Å². The Hall–Kier alpha value is -2.15. The smallest absolute Gasteiger partial charge is 0.267 e. The van der Waals surface area contributed by atoms with E-state index in [0.29, 0.717) is 12.0 Å². The molecule has 0 aliphatic heterocycles. The van der Waals surface area contributed by atoms with Gasteiger partial charge in [0.15, 0.2) is 0 Å². The molecule has 7 heteroatoms. The van der Waals surface area contributed by atoms with Gasteiger partial charge in [-0.25, -0.2) is 0 Å². The van der Waals surface area contributed by atoms with Gasteiger partial charge in [0.05, 0.1) is 5.70 Å². The maximum absolute atomic E-state index is 12.3. The highest BCUT2D eigenvalue weighted by atomic mass is 32.1. The zero-order chi connectivity index (χ0) is 15.7. The van der Waals surface area contributed by atoms with Crippen molar-refractivity contribution in [1.29, 1.82) is 0 Å². The van der Waals surface area contributed by atoms with Gasteiger partial charge in [-0.05, 0) is 18.8 Å². The average Bonchev–Trinajstić information content (AvgIpc) is 2.84. The molecule has 1 atom stereocenters. The molecule has 0 bridgehead atoms. The third-order valence-corrected chi connectivity index (χ3v) is 4.08. The van der Waals surface area contributed by atoms with Gasteiger partial charge in [0.1, 0.15) is 11.3 Å². The second-order valence-corrected chi connectivity index (χ2v) is 5.32. The summed E-state index contributed by atoms with van der Waals surface area (Å²) in [5.41, 5.74) is 6.15. The van der Waals surface area contributed by atoms with Gasteiger partial charge in [0.2, 0.25) is 0 Å². The number of pyridine rings is 1. The normalized spacial score (nSPS) is 17.4. The Balaban J connectivity index is 2.58. The van der Waals surface area contributed by atoms with E-state index in [9.17, 15) is 14.7 Å². The molecule has 0 unspecified atom stereocenters. The van der Waals surface area contributed by atoms with Crippen molar-refractivity contribution in [3.8, 4) is 5.75 Å². The summed E-state index contributed by atoms with van der Waals surface area (Å²) < 4.78 is 1.43. The fraction of sp³-hybridized carbons (Fsp3) is 0.357. The number of nitrogens with two attached hydrogens (primary N) is 1. The lowest BCUT2D eigenvalue weighted by atomic mass is 10.0. The van der Waals surface area contributed by atoms with Crippen LogP contribution < -0.4 is 16.6 Å². The topological polar surface area (TPSA) is 97.3 Å². The summed E-state index contributed by atoms with van der Waals surface area (Å²) >= 11 is 4.70. The lowest BCUT2D eigenvalue weighted by molar-refractivity contribution is 0.0963. The molecular weight excluding hydrogens is 290 g/mol. The third kappa shape index (κ3) is 2.44. The van der Waals surface area contributed by atoms with E-state index in [1.807, 2.05) is 6.92 Å². The largest absolute Gasteiger partial charge is 0.507 e. The highest BCUT2D eigenvalue weighted by Gasteiger charge is 2.30. The number of nitrogens with zero attached hydrogens (tertiary/aromatic N) is 1. The number of hydrogen-bond donors (Lipinski definition) is 3. The Labute approximate surface area is 127 Å². The summed E-state index contributed by atoms with van der Waals surface area (Å²) in [6.07, 6.45) is 2.68. The number of aromatic hydroxyl groups is 1. The molecule has 0 spiro atoms. The number of hydrogen-bond acceptors (Lipinski definition) is 5. The van der Waals surface area contributed by atoms with Gasteiger partial charge in [-0.3, -0.25) is 9.59 Å². The van der Waals surface area contributed by atoms with Crippen LogP contribution in [0.3, 0.4) is 0 Å². The number of rotatable bonds is 3. The predicted octanol–water partition coefficient (Wildman–Crippen LogP) is 0.670. The number of carbonyl (C=O) groups is 1. The van der Waals surface area contributed by atoms with Crippen LogP contribution in [0.5, 0.6) is 5.75 Å². The maximum atomic E-state index is 12.3. The van der Waals surface area contributed by atoms with Crippen LogP contribution >= 0.6 is 12.2 Å². The highest BCUT2D eigenvalue weighted by molar-refractivity contribution is 7.79. The van der Waals surface area contributed by atoms with Crippen molar-refractivity contribution in [1.82, 2.24) is 9.88 Å². The standard InChI is InChI=1S/C14H17N3O3S/c1-7-3-4-9-10(7)12(18)11(14(20)17(9)2)13(19)16-8(5-15)6-21/h5-7,18H,3-4,15H2,1-2H3,(H,16,19)/t7-/m0/s1. The molecule has 112 valence electrons. The van der Waals surface area contributed by atoms with E-state index in [2.05, 4.69) is 5.32 Å². The van der Waals surface area contributed by atoms with Crippen molar-refractivity contribution in [3.63, 3.8) is 0 Å². The Kier molecular flexibility index (Phi) is 4.13. The molecule has 2 rings (SSSR count). The number of amides is 1. The van der Waals surface area contributed by atoms with Crippen molar-refractivity contribution in [2.75, 3.05) is 0 Å². The molecule has 6 nitrogen and oxygen atoms in total. The molecule has 4 N–H and O–H groups in total. The third-order valence-electron chi connectivity index (χ3n) is 3.82. The molecule has 0 aromatic carbocycles. The van der Waals surface area contributed by atoms with Crippen LogP contribution in [0.1, 0.15) is 40.9 Å². The first-order valence-corrected chi connectivity index (χ1v) is 7.02. The van der Waals surface area contributed by atoms with Crippen molar-refractivity contribution in [3.05, 3.63) is 39.1 Å². The number of carbonyl (C=O) groups excluding carboxylic acids is 1. The van der Waals surface area contributed by atoms with Gasteiger partial charge in [0, 0.05) is 29.9 Å². The Bertz CT molecular complexity index is 706. The van der Waals surface area contributed by atoms with E-state index in [1.54, 1.807) is 7.05 Å². The molecule has 1 aliphatic carbocycles. The fourth-order valence-electron chi connectivity index (χ4n) is 2.67. The molecule has 0 saturated heterocycles. The lowest BCUT2D eigenvalue weighted by Gasteiger charge is -2.15. The van der Waals surface area contributed by atoms with E-state index in [-0.39, 0.29) is 22.9 Å². The number of thiocarbonyl (C=S) groups is 1. The monoisotopic (exact) mass is 307 g/mol. The fourth-order valence-corrected chi connectivity index (χ4v) is 2.81. The van der Waals surface area contributed by atoms with Crippen molar-refractivity contribution in [2.24, 2.45) is 12.8 Å². The Morgan fingerprint density at radius 2 is 2.24 bits per heavy atom. The van der Waals surface area contributed by atoms with Crippen molar-refractivity contribution in [2.45, 2.75) is 25.7 Å². The summed E-state index contributed by atoms with van der Waals surface area (Å²) in [6.45, 7) is 1.96. The van der Waals surface area contributed by atoms with Gasteiger partial charge >= 0.3 is 0 Å². The van der Waals surface area contributed by atoms with Crippen LogP contribution in [0.15, 0.2) is 16.7 Å². The second kappa shape index (κ2) is 5.69. The first-order valence-electron chi connectivity index (χ1n) is 6.55. The summed E-state index contributed by atoms with van der Waals surface area (Å²) in [7, 11) is 1.61. The molecule has 1 aliphatic rings. The minimum absolute atomic E-state index is 0.105. The number of nitrogens with one attached hydrogen (secondary N) is 1. The zero-order valence-electron chi connectivity index (χ0n) is 11.8. The minimum Gasteiger partial charge on any atom is -0.507 e. The van der Waals surface area contributed by atoms with Crippen LogP contribution in [0, 0.1) is 0 Å². The number of fused-ring (bicyclic) bond motifs is 1. The van der Waals surface area contributed by atoms with E-state index in [4.69, 9.17) is 18.0 Å². The van der Waals surface area contributed by atoms with Gasteiger partial charge < -0.3 is 20.7 Å². The van der Waals surface area contributed by atoms with Gasteiger partial charge in [-0.15, -0.1) is 0 Å². The maximum Gasteiger partial charge on any atom is 0.267 e. The van der Waals surface area contributed by atoms with E-state index in [1.165, 1.54) is 9.93 Å². The molecule has 1 amide bonds. The second-order valence-electron chi connectivity index (χ2n) is 5.08. The lowest BCUT2D eigenvalue weighted by Crippen LogP contribution is -2.34. The molecule has 1 heterocycles. The summed E-state index contributed by atoms with van der Waals surface area (Å²) in [4.78, 5) is 24.5. The first-order chi connectivity index (χ1) is 9.92. The number of aromatic nitrogens is 1. The SMILES string of the molecule is C[C@H]1CCc2c1c(O)c(C(=O)NC(C=S)=CN)c(=O)n2C. The number of allylic oxidation sites excluding steroid dienone is 1. The van der Waals surface area contributed by atoms with Gasteiger partial charge in [-0.1, -0.05) is 19.1 Å². The van der Waals surface area contributed by atoms with E-state index < -0.39 is 11.5 Å². The first kappa shape index (κ1) is 15.2. The zero-order valence-corrected chi connectivity index (χ0v) is 12.7. The molecule has 0 saturated carbocycles. The summed E-state index contributed by atoms with van der Waals surface area (Å²) in [5, 5.41) is 14.0. The highest BCUT2D eigenvalue weighted by Crippen LogP contribution is 2.38. The van der Waals surface area contributed by atoms with Gasteiger partial charge in [0.25, 0.3) is 11.5 Å². The van der Waals surface area contributed by atoms with Crippen LogP contribution in [-0.2, 0) is 13.5 Å². The minimum atomic E-state index is -0.715. The predicted molar refractivity (Wildman–Crippen MR) is 83.5 cm³/mol. The molecule has 0 radical (unpaired) electrons. The van der Waals surface area contributed by atoms with E-state index >= 15 is 0 Å². The molecule has 1 aromatic heterocycles. The van der Waals surface area contributed by atoms with Crippen LogP contribution in [0.4, 0.5) is 0 Å². The van der Waals surface area contributed by atoms with Crippen LogP contribution in [-0.4, -0.2) is 20.9 Å². The average molecular weight is 307 g/mol. The van der Waals surface area contributed by atoms with Crippen molar-refractivity contribution >= 4 is 23.5 Å². The van der Waals surface area contributed by atoms with Gasteiger partial charge in [-0.2, -0.15) is 0 Å². The van der Waals surface area contributed by atoms with E-state index in [0.717, 1.165) is 18.3 Å². The Morgan fingerprint density at radius 3 is 2.81 bits per heavy atom. The summed E-state index contributed by atoms with van der Waals surface area (Å²) in [6, 6.07) is 0. The molecular formula is C14H17N3O3S.